The third-order valence-electron chi connectivity index (χ3n) is 2.40. The molecule has 0 radical (unpaired) electrons. The minimum absolute atomic E-state index is 0.467. The second kappa shape index (κ2) is 5.99. The summed E-state index contributed by atoms with van der Waals surface area (Å²) in [5.74, 6) is 0. The van der Waals surface area contributed by atoms with Gasteiger partial charge in [0.2, 0.25) is 0 Å². The van der Waals surface area contributed by atoms with Crippen molar-refractivity contribution >= 4 is 6.29 Å². The van der Waals surface area contributed by atoms with E-state index in [0.29, 0.717) is 5.41 Å². The van der Waals surface area contributed by atoms with Gasteiger partial charge in [-0.3, -0.25) is 4.79 Å². The van der Waals surface area contributed by atoms with Gasteiger partial charge in [-0.05, 0) is 30.8 Å². The molecule has 1 nitrogen and oxygen atoms in total. The van der Waals surface area contributed by atoms with Gasteiger partial charge in [-0.25, -0.2) is 0 Å². The highest BCUT2D eigenvalue weighted by molar-refractivity contribution is 5.64. The van der Waals surface area contributed by atoms with E-state index in [-0.39, 0.29) is 0 Å². The van der Waals surface area contributed by atoms with Crippen molar-refractivity contribution in [1.82, 2.24) is 0 Å². The van der Waals surface area contributed by atoms with Crippen LogP contribution in [0.15, 0.2) is 12.2 Å². The van der Waals surface area contributed by atoms with Crippen molar-refractivity contribution in [2.24, 2.45) is 5.41 Å². The number of aldehydes is 1. The molecule has 0 aromatic rings. The topological polar surface area (TPSA) is 17.1 Å². The summed E-state index contributed by atoms with van der Waals surface area (Å²) >= 11 is 0. The Morgan fingerprint density at radius 2 is 2.00 bits per heavy atom. The Hall–Kier alpha value is -0.590. The summed E-state index contributed by atoms with van der Waals surface area (Å²) in [4.78, 5) is 9.93. The Balaban J connectivity index is 3.42. The van der Waals surface area contributed by atoms with Gasteiger partial charge < -0.3 is 0 Å². The predicted molar refractivity (Wildman–Crippen MR) is 53.1 cm³/mol. The number of hydrogen-bond donors (Lipinski definition) is 0. The van der Waals surface area contributed by atoms with Gasteiger partial charge in [0.25, 0.3) is 0 Å². The van der Waals surface area contributed by atoms with Gasteiger partial charge in [0.15, 0.2) is 0 Å². The van der Waals surface area contributed by atoms with Gasteiger partial charge in [-0.15, -0.1) is 0 Å². The van der Waals surface area contributed by atoms with Gasteiger partial charge >= 0.3 is 0 Å². The number of hydrogen-bond acceptors (Lipinski definition) is 1. The van der Waals surface area contributed by atoms with Crippen LogP contribution in [0.4, 0.5) is 0 Å². The first-order valence-electron chi connectivity index (χ1n) is 4.72. The molecule has 0 rings (SSSR count). The summed E-state index contributed by atoms with van der Waals surface area (Å²) in [6, 6.07) is 0. The maximum Gasteiger partial charge on any atom is 0.142 e. The SMILES string of the molecule is CCC(C)(C)CCC/C=C/C=O. The highest BCUT2D eigenvalue weighted by atomic mass is 16.1. The van der Waals surface area contributed by atoms with E-state index in [1.54, 1.807) is 6.08 Å². The average Bonchev–Trinajstić information content (AvgIpc) is 2.04. The first-order valence-corrected chi connectivity index (χ1v) is 4.72. The van der Waals surface area contributed by atoms with Gasteiger partial charge in [0, 0.05) is 0 Å². The lowest BCUT2D eigenvalue weighted by Crippen LogP contribution is -2.08. The maximum absolute atomic E-state index is 9.93. The molecule has 0 fully saturated rings. The molecule has 0 saturated heterocycles. The maximum atomic E-state index is 9.93. The monoisotopic (exact) mass is 168 g/mol. The van der Waals surface area contributed by atoms with Gasteiger partial charge in [-0.2, -0.15) is 0 Å². The Bertz CT molecular complexity index is 145. The van der Waals surface area contributed by atoms with E-state index in [1.165, 1.54) is 19.3 Å². The minimum Gasteiger partial charge on any atom is -0.299 e. The smallest absolute Gasteiger partial charge is 0.142 e. The van der Waals surface area contributed by atoms with Crippen LogP contribution in [0.25, 0.3) is 0 Å². The average molecular weight is 168 g/mol. The summed E-state index contributed by atoms with van der Waals surface area (Å²) in [7, 11) is 0. The molecule has 0 aromatic carbocycles. The van der Waals surface area contributed by atoms with Crippen molar-refractivity contribution in [3.8, 4) is 0 Å². The molecule has 0 saturated carbocycles. The Kier molecular flexibility index (Phi) is 5.69. The fourth-order valence-electron chi connectivity index (χ4n) is 1.03. The second-order valence-electron chi connectivity index (χ2n) is 3.97. The summed E-state index contributed by atoms with van der Waals surface area (Å²) < 4.78 is 0. The van der Waals surface area contributed by atoms with E-state index in [2.05, 4.69) is 20.8 Å². The summed E-state index contributed by atoms with van der Waals surface area (Å²) in [5, 5.41) is 0. The van der Waals surface area contributed by atoms with Gasteiger partial charge in [0.1, 0.15) is 6.29 Å². The van der Waals surface area contributed by atoms with Crippen LogP contribution < -0.4 is 0 Å². The second-order valence-corrected chi connectivity index (χ2v) is 3.97. The van der Waals surface area contributed by atoms with Crippen LogP contribution in [0, 0.1) is 5.41 Å². The lowest BCUT2D eigenvalue weighted by molar-refractivity contribution is -0.104. The number of unbranched alkanes of at least 4 members (excludes halogenated alkanes) is 1. The third-order valence-corrected chi connectivity index (χ3v) is 2.40. The number of rotatable bonds is 6. The fraction of sp³-hybridized carbons (Fsp3) is 0.727. The van der Waals surface area contributed by atoms with Crippen LogP contribution in [0.5, 0.6) is 0 Å². The highest BCUT2D eigenvalue weighted by Crippen LogP contribution is 2.26. The standard InChI is InChI=1S/C11H20O/c1-4-11(2,3)9-7-5-6-8-10-12/h6,8,10H,4-5,7,9H2,1-3H3/b8-6+. The van der Waals surface area contributed by atoms with E-state index in [4.69, 9.17) is 0 Å². The Morgan fingerprint density at radius 3 is 2.50 bits per heavy atom. The molecule has 12 heavy (non-hydrogen) atoms. The van der Waals surface area contributed by atoms with Crippen LogP contribution in [-0.4, -0.2) is 6.29 Å². The fourth-order valence-corrected chi connectivity index (χ4v) is 1.03. The molecular formula is C11H20O. The van der Waals surface area contributed by atoms with Crippen LogP contribution in [-0.2, 0) is 4.79 Å². The quantitative estimate of drug-likeness (QED) is 0.338. The number of allylic oxidation sites excluding steroid dienone is 2. The first-order chi connectivity index (χ1) is 5.62. The molecule has 70 valence electrons. The molecular weight excluding hydrogens is 148 g/mol. The molecule has 0 atom stereocenters. The predicted octanol–water partition coefficient (Wildman–Crippen LogP) is 3.35. The van der Waals surface area contributed by atoms with E-state index in [1.807, 2.05) is 6.08 Å². The summed E-state index contributed by atoms with van der Waals surface area (Å²) in [6.45, 7) is 6.80. The zero-order valence-electron chi connectivity index (χ0n) is 8.47. The van der Waals surface area contributed by atoms with Gasteiger partial charge in [-0.1, -0.05) is 33.3 Å². The molecule has 0 amide bonds. The molecule has 0 aromatic heterocycles. The first kappa shape index (κ1) is 11.4. The molecule has 0 unspecified atom stereocenters. The number of carbonyl (C=O) groups excluding carboxylic acids is 1. The molecule has 0 aliphatic carbocycles. The molecule has 0 aliphatic heterocycles. The van der Waals surface area contributed by atoms with Crippen molar-refractivity contribution in [3.63, 3.8) is 0 Å². The third kappa shape index (κ3) is 6.14. The summed E-state index contributed by atoms with van der Waals surface area (Å²) in [5.41, 5.74) is 0.467. The van der Waals surface area contributed by atoms with E-state index >= 15 is 0 Å². The largest absolute Gasteiger partial charge is 0.299 e. The minimum atomic E-state index is 0.467. The van der Waals surface area contributed by atoms with Gasteiger partial charge in [0.05, 0.1) is 0 Å². The molecule has 0 aliphatic rings. The highest BCUT2D eigenvalue weighted by Gasteiger charge is 2.12. The zero-order chi connectivity index (χ0) is 9.45. The van der Waals surface area contributed by atoms with Crippen LogP contribution in [0.3, 0.4) is 0 Å². The number of carbonyl (C=O) groups is 1. The van der Waals surface area contributed by atoms with E-state index < -0.39 is 0 Å². The van der Waals surface area contributed by atoms with E-state index in [0.717, 1.165) is 12.7 Å². The lowest BCUT2D eigenvalue weighted by Gasteiger charge is -2.21. The van der Waals surface area contributed by atoms with Crippen LogP contribution in [0.1, 0.15) is 46.5 Å². The van der Waals surface area contributed by atoms with Crippen LogP contribution in [0.2, 0.25) is 0 Å². The van der Waals surface area contributed by atoms with Crippen LogP contribution >= 0.6 is 0 Å². The molecule has 0 spiro atoms. The van der Waals surface area contributed by atoms with Crippen molar-refractivity contribution in [1.29, 1.82) is 0 Å². The Labute approximate surface area is 75.9 Å². The summed E-state index contributed by atoms with van der Waals surface area (Å²) in [6.07, 6.45) is 9.05. The van der Waals surface area contributed by atoms with Crippen molar-refractivity contribution in [2.75, 3.05) is 0 Å². The van der Waals surface area contributed by atoms with E-state index in [9.17, 15) is 4.79 Å². The zero-order valence-corrected chi connectivity index (χ0v) is 8.47. The van der Waals surface area contributed by atoms with Crippen molar-refractivity contribution < 1.29 is 4.79 Å². The Morgan fingerprint density at radius 1 is 1.33 bits per heavy atom. The molecule has 0 N–H and O–H groups in total. The molecule has 1 heteroatoms. The normalized spacial score (nSPS) is 12.2. The lowest BCUT2D eigenvalue weighted by atomic mass is 9.85. The molecule has 0 bridgehead atoms. The van der Waals surface area contributed by atoms with Crippen molar-refractivity contribution in [2.45, 2.75) is 46.5 Å². The molecule has 0 heterocycles. The van der Waals surface area contributed by atoms with Crippen molar-refractivity contribution in [3.05, 3.63) is 12.2 Å².